The molecular weight excluding hydrogens is 268 g/mol. The predicted molar refractivity (Wildman–Crippen MR) is 95.2 cm³/mol. The zero-order chi connectivity index (χ0) is 16.4. The highest BCUT2D eigenvalue weighted by Crippen LogP contribution is 2.49. The Morgan fingerprint density at radius 1 is 1.09 bits per heavy atom. The normalized spacial score (nSPS) is 21.5. The highest BCUT2D eigenvalue weighted by molar-refractivity contribution is 5.22. The van der Waals surface area contributed by atoms with Crippen molar-refractivity contribution in [3.63, 3.8) is 0 Å². The standard InChI is InChI=1S/C21H34O/c1-7-16(2)20(3,4)14-19(17-11-9-8-10-12-17)21(5,6)13-18-15-22-18/h8-12,16,18-19H,7,13-15H2,1-6H3. The van der Waals surface area contributed by atoms with Crippen molar-refractivity contribution >= 4 is 0 Å². The second kappa shape index (κ2) is 6.74. The van der Waals surface area contributed by atoms with Gasteiger partial charge in [-0.15, -0.1) is 0 Å². The minimum atomic E-state index is 0.271. The van der Waals surface area contributed by atoms with Gasteiger partial charge in [-0.25, -0.2) is 0 Å². The SMILES string of the molecule is CCC(C)C(C)(C)CC(c1ccccc1)C(C)(C)CC1CO1. The van der Waals surface area contributed by atoms with Gasteiger partial charge in [0, 0.05) is 0 Å². The molecule has 0 bridgehead atoms. The molecule has 2 rings (SSSR count). The fraction of sp³-hybridized carbons (Fsp3) is 0.714. The van der Waals surface area contributed by atoms with Gasteiger partial charge in [0.25, 0.3) is 0 Å². The average molecular weight is 303 g/mol. The number of rotatable bonds is 8. The van der Waals surface area contributed by atoms with Crippen LogP contribution in [-0.2, 0) is 4.74 Å². The summed E-state index contributed by atoms with van der Waals surface area (Å²) in [6.45, 7) is 15.4. The Morgan fingerprint density at radius 3 is 2.18 bits per heavy atom. The lowest BCUT2D eigenvalue weighted by molar-refractivity contribution is 0.129. The highest BCUT2D eigenvalue weighted by atomic mass is 16.6. The molecule has 1 heterocycles. The minimum Gasteiger partial charge on any atom is -0.373 e. The summed E-state index contributed by atoms with van der Waals surface area (Å²) >= 11 is 0. The maximum Gasteiger partial charge on any atom is 0.0815 e. The third-order valence-electron chi connectivity index (χ3n) is 5.98. The first kappa shape index (κ1) is 17.5. The molecule has 3 atom stereocenters. The Kier molecular flexibility index (Phi) is 5.37. The second-order valence-corrected chi connectivity index (χ2v) is 8.61. The van der Waals surface area contributed by atoms with Crippen molar-refractivity contribution in [2.75, 3.05) is 6.61 Å². The Balaban J connectivity index is 2.25. The fourth-order valence-corrected chi connectivity index (χ4v) is 3.73. The van der Waals surface area contributed by atoms with Gasteiger partial charge in [-0.3, -0.25) is 0 Å². The molecule has 1 aromatic rings. The van der Waals surface area contributed by atoms with E-state index in [0.29, 0.717) is 17.4 Å². The van der Waals surface area contributed by atoms with Gasteiger partial charge < -0.3 is 4.74 Å². The smallest absolute Gasteiger partial charge is 0.0815 e. The third kappa shape index (κ3) is 4.35. The van der Waals surface area contributed by atoms with Gasteiger partial charge in [-0.2, -0.15) is 0 Å². The van der Waals surface area contributed by atoms with E-state index in [4.69, 9.17) is 4.74 Å². The molecule has 0 spiro atoms. The average Bonchev–Trinajstić information content (AvgIpc) is 3.28. The van der Waals surface area contributed by atoms with Crippen molar-refractivity contribution in [1.29, 1.82) is 0 Å². The van der Waals surface area contributed by atoms with Gasteiger partial charge >= 0.3 is 0 Å². The van der Waals surface area contributed by atoms with Crippen LogP contribution in [0.5, 0.6) is 0 Å². The Morgan fingerprint density at radius 2 is 1.68 bits per heavy atom. The molecule has 1 heteroatoms. The van der Waals surface area contributed by atoms with Crippen LogP contribution in [0.15, 0.2) is 30.3 Å². The van der Waals surface area contributed by atoms with E-state index in [9.17, 15) is 0 Å². The van der Waals surface area contributed by atoms with Gasteiger partial charge in [0.15, 0.2) is 0 Å². The summed E-state index contributed by atoms with van der Waals surface area (Å²) in [7, 11) is 0. The summed E-state index contributed by atoms with van der Waals surface area (Å²) in [6.07, 6.45) is 4.16. The molecule has 0 N–H and O–H groups in total. The van der Waals surface area contributed by atoms with Crippen LogP contribution in [0.3, 0.4) is 0 Å². The van der Waals surface area contributed by atoms with Crippen LogP contribution < -0.4 is 0 Å². The maximum atomic E-state index is 5.53. The van der Waals surface area contributed by atoms with Gasteiger partial charge in [-0.1, -0.05) is 78.3 Å². The van der Waals surface area contributed by atoms with Crippen molar-refractivity contribution in [3.05, 3.63) is 35.9 Å². The van der Waals surface area contributed by atoms with Gasteiger partial charge in [0.05, 0.1) is 12.7 Å². The van der Waals surface area contributed by atoms with Crippen molar-refractivity contribution in [2.24, 2.45) is 16.7 Å². The van der Waals surface area contributed by atoms with E-state index in [1.54, 1.807) is 0 Å². The summed E-state index contributed by atoms with van der Waals surface area (Å²) in [5, 5.41) is 0. The number of hydrogen-bond donors (Lipinski definition) is 0. The molecule has 1 aliphatic rings. The number of ether oxygens (including phenoxy) is 1. The first-order valence-electron chi connectivity index (χ1n) is 8.93. The monoisotopic (exact) mass is 302 g/mol. The Labute approximate surface area is 137 Å². The van der Waals surface area contributed by atoms with Crippen LogP contribution in [0.4, 0.5) is 0 Å². The molecule has 0 aliphatic carbocycles. The minimum absolute atomic E-state index is 0.271. The number of hydrogen-bond acceptors (Lipinski definition) is 1. The topological polar surface area (TPSA) is 12.5 Å². The van der Waals surface area contributed by atoms with Crippen molar-refractivity contribution in [3.8, 4) is 0 Å². The molecule has 1 saturated heterocycles. The van der Waals surface area contributed by atoms with E-state index >= 15 is 0 Å². The van der Waals surface area contributed by atoms with E-state index in [1.807, 2.05) is 0 Å². The largest absolute Gasteiger partial charge is 0.373 e. The highest BCUT2D eigenvalue weighted by Gasteiger charge is 2.40. The van der Waals surface area contributed by atoms with E-state index in [2.05, 4.69) is 71.9 Å². The molecule has 1 aliphatic heterocycles. The first-order chi connectivity index (χ1) is 10.3. The lowest BCUT2D eigenvalue weighted by Gasteiger charge is -2.42. The van der Waals surface area contributed by atoms with Gasteiger partial charge in [0.2, 0.25) is 0 Å². The van der Waals surface area contributed by atoms with E-state index in [1.165, 1.54) is 24.8 Å². The summed E-state index contributed by atoms with van der Waals surface area (Å²) in [4.78, 5) is 0. The van der Waals surface area contributed by atoms with Gasteiger partial charge in [-0.05, 0) is 41.1 Å². The lowest BCUT2D eigenvalue weighted by Crippen LogP contribution is -2.31. The lowest BCUT2D eigenvalue weighted by atomic mass is 9.63. The van der Waals surface area contributed by atoms with Crippen molar-refractivity contribution in [2.45, 2.75) is 72.8 Å². The third-order valence-corrected chi connectivity index (χ3v) is 5.98. The summed E-state index contributed by atoms with van der Waals surface area (Å²) in [5.74, 6) is 1.33. The predicted octanol–water partition coefficient (Wildman–Crippen LogP) is 6.05. The van der Waals surface area contributed by atoms with Crippen LogP contribution in [0, 0.1) is 16.7 Å². The fourth-order valence-electron chi connectivity index (χ4n) is 3.73. The molecular formula is C21H34O. The first-order valence-corrected chi connectivity index (χ1v) is 8.93. The molecule has 1 nitrogen and oxygen atoms in total. The van der Waals surface area contributed by atoms with Crippen molar-refractivity contribution < 1.29 is 4.74 Å². The van der Waals surface area contributed by atoms with Gasteiger partial charge in [0.1, 0.15) is 0 Å². The molecule has 1 aromatic carbocycles. The van der Waals surface area contributed by atoms with Crippen LogP contribution in [0.1, 0.15) is 72.3 Å². The quantitative estimate of drug-likeness (QED) is 0.533. The molecule has 3 unspecified atom stereocenters. The van der Waals surface area contributed by atoms with Crippen LogP contribution in [-0.4, -0.2) is 12.7 Å². The van der Waals surface area contributed by atoms with E-state index in [-0.39, 0.29) is 5.41 Å². The molecule has 22 heavy (non-hydrogen) atoms. The molecule has 124 valence electrons. The Hall–Kier alpha value is -0.820. The van der Waals surface area contributed by atoms with E-state index in [0.717, 1.165) is 12.5 Å². The second-order valence-electron chi connectivity index (χ2n) is 8.61. The summed E-state index contributed by atoms with van der Waals surface area (Å²) in [6, 6.07) is 11.1. The van der Waals surface area contributed by atoms with Crippen LogP contribution >= 0.6 is 0 Å². The van der Waals surface area contributed by atoms with Crippen LogP contribution in [0.2, 0.25) is 0 Å². The Bertz CT molecular complexity index is 456. The number of epoxide rings is 1. The molecule has 0 amide bonds. The van der Waals surface area contributed by atoms with E-state index < -0.39 is 0 Å². The molecule has 1 fully saturated rings. The van der Waals surface area contributed by atoms with Crippen molar-refractivity contribution in [1.82, 2.24) is 0 Å². The number of benzene rings is 1. The summed E-state index contributed by atoms with van der Waals surface area (Å²) < 4.78 is 5.53. The maximum absolute atomic E-state index is 5.53. The molecule has 0 aromatic heterocycles. The van der Waals surface area contributed by atoms with Crippen LogP contribution in [0.25, 0.3) is 0 Å². The molecule has 0 radical (unpaired) electrons. The molecule has 0 saturated carbocycles. The summed E-state index contributed by atoms with van der Waals surface area (Å²) in [5.41, 5.74) is 2.12. The zero-order valence-electron chi connectivity index (χ0n) is 15.4. The zero-order valence-corrected chi connectivity index (χ0v) is 15.4.